The second-order valence-electron chi connectivity index (χ2n) is 9.42. The molecule has 0 aromatic heterocycles. The monoisotopic (exact) mass is 519 g/mol. The van der Waals surface area contributed by atoms with Crippen LogP contribution < -0.4 is 5.32 Å². The fourth-order valence-electron chi connectivity index (χ4n) is 3.57. The van der Waals surface area contributed by atoms with Crippen LogP contribution in [0.2, 0.25) is 0 Å². The van der Waals surface area contributed by atoms with Crippen molar-refractivity contribution in [1.29, 1.82) is 0 Å². The van der Waals surface area contributed by atoms with Gasteiger partial charge >= 0.3 is 11.9 Å². The van der Waals surface area contributed by atoms with Crippen LogP contribution in [0.5, 0.6) is 0 Å². The van der Waals surface area contributed by atoms with Crippen molar-refractivity contribution in [1.82, 2.24) is 5.32 Å². The van der Waals surface area contributed by atoms with Crippen LogP contribution in [0, 0.1) is 0 Å². The van der Waals surface area contributed by atoms with E-state index in [2.05, 4.69) is 24.4 Å². The number of unbranched alkanes of at least 4 members (excludes halogenated alkanes) is 11. The predicted octanol–water partition coefficient (Wildman–Crippen LogP) is 5.15. The lowest BCUT2D eigenvalue weighted by Gasteiger charge is -2.27. The van der Waals surface area contributed by atoms with Crippen molar-refractivity contribution >= 4 is 28.0 Å². The molecule has 0 aromatic carbocycles. The summed E-state index contributed by atoms with van der Waals surface area (Å²) in [6.07, 6.45) is 18.5. The Morgan fingerprint density at radius 3 is 1.86 bits per heavy atom. The molecule has 0 saturated heterocycles. The molecule has 10 heteroatoms. The van der Waals surface area contributed by atoms with E-state index in [4.69, 9.17) is 14.4 Å². The molecule has 0 bridgehead atoms. The number of hydrogen-bond acceptors (Lipinski definition) is 6. The van der Waals surface area contributed by atoms with E-state index in [-0.39, 0.29) is 12.3 Å². The summed E-state index contributed by atoms with van der Waals surface area (Å²) >= 11 is 0. The number of carbonyl (C=O) groups is 3. The molecule has 1 amide bonds. The van der Waals surface area contributed by atoms with Crippen molar-refractivity contribution in [3.63, 3.8) is 0 Å². The molecule has 0 aliphatic rings. The van der Waals surface area contributed by atoms with E-state index in [1.165, 1.54) is 52.4 Å². The number of allylic oxidation sites excluding steroid dienone is 2. The van der Waals surface area contributed by atoms with Gasteiger partial charge < -0.3 is 15.2 Å². The Bertz CT molecular complexity index is 761. The highest BCUT2D eigenvalue weighted by Gasteiger charge is 2.38. The molecule has 0 heterocycles. The molecule has 0 spiro atoms. The van der Waals surface area contributed by atoms with Crippen LogP contribution >= 0.6 is 0 Å². The number of hydrogen-bond donors (Lipinski definition) is 3. The minimum Gasteiger partial charge on any atom is -0.481 e. The smallest absolute Gasteiger partial charge is 0.329 e. The van der Waals surface area contributed by atoms with Crippen LogP contribution in [0.1, 0.15) is 117 Å². The maximum Gasteiger partial charge on any atom is 0.329 e. The van der Waals surface area contributed by atoms with Gasteiger partial charge in [-0.1, -0.05) is 70.4 Å². The first-order chi connectivity index (χ1) is 16.4. The normalized spacial score (nSPS) is 13.0. The van der Waals surface area contributed by atoms with Crippen molar-refractivity contribution in [3.8, 4) is 0 Å². The summed E-state index contributed by atoms with van der Waals surface area (Å²) in [5.74, 6) is -3.40. The first-order valence-corrected chi connectivity index (χ1v) is 14.3. The lowest BCUT2D eigenvalue weighted by Crippen LogP contribution is -2.49. The second-order valence-corrected chi connectivity index (χ2v) is 11.0. The van der Waals surface area contributed by atoms with Crippen LogP contribution in [0.25, 0.3) is 0 Å². The van der Waals surface area contributed by atoms with Gasteiger partial charge in [-0.2, -0.15) is 8.42 Å². The number of carbonyl (C=O) groups excluding carboxylic acids is 2. The van der Waals surface area contributed by atoms with E-state index in [1.54, 1.807) is 0 Å². The Kier molecular flexibility index (Phi) is 17.3. The first kappa shape index (κ1) is 33.1. The van der Waals surface area contributed by atoms with Gasteiger partial charge in [0.15, 0.2) is 11.0 Å². The molecule has 0 rings (SSSR count). The lowest BCUT2D eigenvalue weighted by atomic mass is 10.1. The Hall–Kier alpha value is -1.94. The molecule has 0 radical (unpaired) electrons. The van der Waals surface area contributed by atoms with Gasteiger partial charge in [-0.3, -0.25) is 18.9 Å². The van der Waals surface area contributed by atoms with E-state index in [9.17, 15) is 22.8 Å². The van der Waals surface area contributed by atoms with Gasteiger partial charge in [0.25, 0.3) is 10.1 Å². The van der Waals surface area contributed by atoms with Gasteiger partial charge in [0.05, 0.1) is 6.42 Å². The van der Waals surface area contributed by atoms with Gasteiger partial charge in [0, 0.05) is 6.42 Å². The van der Waals surface area contributed by atoms with Crippen LogP contribution in [0.4, 0.5) is 0 Å². The SMILES string of the molecule is CCCCCCCCC=CCCCCCCCC(=O)NC(C)(C)OC(=O)C(CC(=O)O)S(=O)(=O)O. The number of esters is 1. The number of rotatable bonds is 21. The van der Waals surface area contributed by atoms with Crippen LogP contribution in [-0.4, -0.2) is 46.9 Å². The highest BCUT2D eigenvalue weighted by atomic mass is 32.2. The number of nitrogens with one attached hydrogen (secondary N) is 1. The highest BCUT2D eigenvalue weighted by molar-refractivity contribution is 7.87. The van der Waals surface area contributed by atoms with Gasteiger partial charge in [-0.15, -0.1) is 0 Å². The van der Waals surface area contributed by atoms with E-state index in [0.29, 0.717) is 6.42 Å². The maximum absolute atomic E-state index is 12.1. The van der Waals surface area contributed by atoms with E-state index in [0.717, 1.165) is 38.5 Å². The average molecular weight is 520 g/mol. The summed E-state index contributed by atoms with van der Waals surface area (Å²) in [6.45, 7) is 4.90. The summed E-state index contributed by atoms with van der Waals surface area (Å²) < 4.78 is 36.6. The largest absolute Gasteiger partial charge is 0.481 e. The van der Waals surface area contributed by atoms with Gasteiger partial charge in [0.1, 0.15) is 0 Å². The van der Waals surface area contributed by atoms with Crippen molar-refractivity contribution < 1.29 is 37.2 Å². The summed E-state index contributed by atoms with van der Waals surface area (Å²) in [7, 11) is -4.97. The number of ether oxygens (including phenoxy) is 1. The maximum atomic E-state index is 12.1. The third kappa shape index (κ3) is 19.0. The summed E-state index contributed by atoms with van der Waals surface area (Å²) in [5, 5.41) is 8.97. The van der Waals surface area contributed by atoms with Crippen molar-refractivity contribution in [2.24, 2.45) is 0 Å². The van der Waals surface area contributed by atoms with Crippen molar-refractivity contribution in [3.05, 3.63) is 12.2 Å². The van der Waals surface area contributed by atoms with Crippen LogP contribution in [0.15, 0.2) is 12.2 Å². The molecule has 1 atom stereocenters. The third-order valence-electron chi connectivity index (χ3n) is 5.44. The van der Waals surface area contributed by atoms with E-state index < -0.39 is 39.5 Å². The Labute approximate surface area is 210 Å². The average Bonchev–Trinajstić information content (AvgIpc) is 2.73. The Morgan fingerprint density at radius 1 is 0.886 bits per heavy atom. The molecule has 204 valence electrons. The van der Waals surface area contributed by atoms with E-state index >= 15 is 0 Å². The highest BCUT2D eigenvalue weighted by Crippen LogP contribution is 2.15. The zero-order valence-corrected chi connectivity index (χ0v) is 22.4. The molecule has 0 fully saturated rings. The first-order valence-electron chi connectivity index (χ1n) is 12.8. The molecular weight excluding hydrogens is 474 g/mol. The quantitative estimate of drug-likeness (QED) is 0.0620. The zero-order valence-electron chi connectivity index (χ0n) is 21.6. The fraction of sp³-hybridized carbons (Fsp3) is 0.800. The molecular formula is C25H45NO8S. The molecule has 9 nitrogen and oxygen atoms in total. The second kappa shape index (κ2) is 18.3. The molecule has 0 aliphatic carbocycles. The summed E-state index contributed by atoms with van der Waals surface area (Å²) in [5.41, 5.74) is -1.56. The summed E-state index contributed by atoms with van der Waals surface area (Å²) in [4.78, 5) is 35.0. The fourth-order valence-corrected chi connectivity index (χ4v) is 4.21. The van der Waals surface area contributed by atoms with Crippen molar-refractivity contribution in [2.45, 2.75) is 128 Å². The van der Waals surface area contributed by atoms with Crippen molar-refractivity contribution in [2.75, 3.05) is 0 Å². The lowest BCUT2D eigenvalue weighted by molar-refractivity contribution is -0.162. The topological polar surface area (TPSA) is 147 Å². The Morgan fingerprint density at radius 2 is 1.37 bits per heavy atom. The van der Waals surface area contributed by atoms with E-state index in [1.807, 2.05) is 0 Å². The number of amides is 1. The van der Waals surface area contributed by atoms with Gasteiger partial charge in [-0.25, -0.2) is 0 Å². The number of carboxylic acids is 1. The zero-order chi connectivity index (χ0) is 26.7. The summed E-state index contributed by atoms with van der Waals surface area (Å²) in [6, 6.07) is 0. The van der Waals surface area contributed by atoms with Gasteiger partial charge in [-0.05, 0) is 46.0 Å². The van der Waals surface area contributed by atoms with Gasteiger partial charge in [0.2, 0.25) is 5.91 Å². The minimum absolute atomic E-state index is 0.218. The molecule has 0 aliphatic heterocycles. The molecule has 35 heavy (non-hydrogen) atoms. The molecule has 1 unspecified atom stereocenters. The minimum atomic E-state index is -4.97. The number of carboxylic acid groups (broad SMARTS) is 1. The molecule has 0 aromatic rings. The third-order valence-corrected chi connectivity index (χ3v) is 6.52. The van der Waals surface area contributed by atoms with Crippen LogP contribution in [-0.2, 0) is 29.2 Å². The molecule has 0 saturated carbocycles. The predicted molar refractivity (Wildman–Crippen MR) is 135 cm³/mol. The number of aliphatic carboxylic acids is 1. The Balaban J connectivity index is 4.00. The van der Waals surface area contributed by atoms with Crippen LogP contribution in [0.3, 0.4) is 0 Å². The standard InChI is InChI=1S/C25H45NO8S/c1-4-5-6-7-8-9-10-11-12-13-14-15-16-17-18-19-22(27)26-25(2,3)34-24(30)21(20-23(28)29)35(31,32)33/h11-12,21H,4-10,13-20H2,1-3H3,(H,26,27)(H,28,29)(H,31,32,33). The molecule has 3 N–H and O–H groups in total.